The van der Waals surface area contributed by atoms with Gasteiger partial charge >= 0.3 is 5.97 Å². The molecule has 94 valence electrons. The molecule has 0 aliphatic carbocycles. The smallest absolute Gasteiger partial charge is 0.313 e. The van der Waals surface area contributed by atoms with Gasteiger partial charge in [-0.15, -0.1) is 0 Å². The largest absolute Gasteiger partial charge is 0.463 e. The standard InChI is InChI=1S/C12H24N2O2/c1-6-11(12(15)16-10(4)5)7-8-14(13)9(2)3/h7-11H,6,13H2,1-5H3/b8-7-. The molecule has 2 N–H and O–H groups in total. The maximum Gasteiger partial charge on any atom is 0.313 e. The Morgan fingerprint density at radius 2 is 1.94 bits per heavy atom. The molecule has 0 aromatic carbocycles. The number of hydrogen-bond acceptors (Lipinski definition) is 4. The lowest BCUT2D eigenvalue weighted by Gasteiger charge is -2.19. The number of carbonyl (C=O) groups excluding carboxylic acids is 1. The molecule has 4 nitrogen and oxygen atoms in total. The maximum absolute atomic E-state index is 11.6. The summed E-state index contributed by atoms with van der Waals surface area (Å²) in [7, 11) is 0. The van der Waals surface area contributed by atoms with Crippen LogP contribution in [0.1, 0.15) is 41.0 Å². The Kier molecular flexibility index (Phi) is 6.81. The van der Waals surface area contributed by atoms with Crippen LogP contribution in [0, 0.1) is 5.92 Å². The molecular formula is C12H24N2O2. The SMILES string of the molecule is CCC(/C=C\N(N)C(C)C)C(=O)OC(C)C. The third-order valence-corrected chi connectivity index (χ3v) is 2.18. The van der Waals surface area contributed by atoms with Gasteiger partial charge in [-0.05, 0) is 34.1 Å². The average molecular weight is 228 g/mol. The van der Waals surface area contributed by atoms with Crippen molar-refractivity contribution in [3.63, 3.8) is 0 Å². The van der Waals surface area contributed by atoms with Gasteiger partial charge in [0.2, 0.25) is 0 Å². The van der Waals surface area contributed by atoms with Crippen molar-refractivity contribution in [1.29, 1.82) is 0 Å². The molecule has 1 atom stereocenters. The minimum atomic E-state index is -0.216. The molecule has 0 aromatic heterocycles. The fourth-order valence-electron chi connectivity index (χ4n) is 1.08. The highest BCUT2D eigenvalue weighted by Crippen LogP contribution is 2.09. The lowest BCUT2D eigenvalue weighted by Crippen LogP contribution is -2.32. The van der Waals surface area contributed by atoms with Crippen molar-refractivity contribution in [1.82, 2.24) is 5.01 Å². The molecule has 0 rings (SSSR count). The monoisotopic (exact) mass is 228 g/mol. The first-order chi connectivity index (χ1) is 7.38. The van der Waals surface area contributed by atoms with Crippen LogP contribution in [0.5, 0.6) is 0 Å². The van der Waals surface area contributed by atoms with Gasteiger partial charge in [-0.1, -0.05) is 13.0 Å². The summed E-state index contributed by atoms with van der Waals surface area (Å²) in [5.74, 6) is 5.31. The third-order valence-electron chi connectivity index (χ3n) is 2.18. The fourth-order valence-corrected chi connectivity index (χ4v) is 1.08. The molecule has 0 saturated heterocycles. The number of hydrazine groups is 1. The second-order valence-electron chi connectivity index (χ2n) is 4.38. The lowest BCUT2D eigenvalue weighted by molar-refractivity contribution is -0.150. The zero-order valence-corrected chi connectivity index (χ0v) is 10.9. The van der Waals surface area contributed by atoms with E-state index in [2.05, 4.69) is 0 Å². The van der Waals surface area contributed by atoms with Gasteiger partial charge in [0.05, 0.1) is 12.0 Å². The molecule has 1 unspecified atom stereocenters. The molecule has 0 aliphatic rings. The van der Waals surface area contributed by atoms with Gasteiger partial charge < -0.3 is 9.75 Å². The molecule has 0 amide bonds. The van der Waals surface area contributed by atoms with Crippen LogP contribution in [0.4, 0.5) is 0 Å². The van der Waals surface area contributed by atoms with E-state index in [0.717, 1.165) is 0 Å². The summed E-state index contributed by atoms with van der Waals surface area (Å²) in [5, 5.41) is 1.57. The number of carbonyl (C=O) groups is 1. The quantitative estimate of drug-likeness (QED) is 0.429. The van der Waals surface area contributed by atoms with E-state index in [4.69, 9.17) is 10.6 Å². The van der Waals surface area contributed by atoms with Crippen LogP contribution in [0.3, 0.4) is 0 Å². The third kappa shape index (κ3) is 5.75. The summed E-state index contributed by atoms with van der Waals surface area (Å²) >= 11 is 0. The van der Waals surface area contributed by atoms with Crippen molar-refractivity contribution in [2.45, 2.75) is 53.2 Å². The average Bonchev–Trinajstić information content (AvgIpc) is 2.16. The van der Waals surface area contributed by atoms with Crippen LogP contribution >= 0.6 is 0 Å². The van der Waals surface area contributed by atoms with Crippen LogP contribution in [0.2, 0.25) is 0 Å². The molecule has 0 heterocycles. The zero-order chi connectivity index (χ0) is 12.7. The number of nitrogens with two attached hydrogens (primary N) is 1. The molecule has 0 aromatic rings. The Morgan fingerprint density at radius 3 is 2.31 bits per heavy atom. The van der Waals surface area contributed by atoms with Crippen molar-refractivity contribution in [3.8, 4) is 0 Å². The van der Waals surface area contributed by atoms with Gasteiger partial charge in [0.25, 0.3) is 0 Å². The Labute approximate surface area is 98.4 Å². The molecule has 0 bridgehead atoms. The summed E-state index contributed by atoms with van der Waals surface area (Å²) < 4.78 is 5.15. The molecule has 16 heavy (non-hydrogen) atoms. The van der Waals surface area contributed by atoms with Crippen molar-refractivity contribution in [3.05, 3.63) is 12.3 Å². The number of esters is 1. The van der Waals surface area contributed by atoms with E-state index in [1.54, 1.807) is 17.3 Å². The summed E-state index contributed by atoms with van der Waals surface area (Å²) in [6, 6.07) is 0.217. The van der Waals surface area contributed by atoms with Gasteiger partial charge in [0, 0.05) is 12.2 Å². The number of rotatable bonds is 6. The van der Waals surface area contributed by atoms with E-state index in [1.165, 1.54) is 0 Å². The van der Waals surface area contributed by atoms with Crippen LogP contribution in [-0.4, -0.2) is 23.1 Å². The van der Waals surface area contributed by atoms with Crippen LogP contribution < -0.4 is 5.84 Å². The van der Waals surface area contributed by atoms with Gasteiger partial charge in [-0.3, -0.25) is 4.79 Å². The molecular weight excluding hydrogens is 204 g/mol. The van der Waals surface area contributed by atoms with Crippen LogP contribution in [0.15, 0.2) is 12.3 Å². The van der Waals surface area contributed by atoms with Crippen LogP contribution in [-0.2, 0) is 9.53 Å². The van der Waals surface area contributed by atoms with Crippen molar-refractivity contribution in [2.75, 3.05) is 0 Å². The minimum absolute atomic E-state index is 0.0750. The number of ether oxygens (including phenoxy) is 1. The van der Waals surface area contributed by atoms with E-state index in [-0.39, 0.29) is 24.0 Å². The predicted octanol–water partition coefficient (Wildman–Crippen LogP) is 2.06. The first-order valence-corrected chi connectivity index (χ1v) is 5.80. The van der Waals surface area contributed by atoms with Crippen molar-refractivity contribution in [2.24, 2.45) is 11.8 Å². The highest BCUT2D eigenvalue weighted by Gasteiger charge is 2.16. The molecule has 0 saturated carbocycles. The zero-order valence-electron chi connectivity index (χ0n) is 10.9. The number of hydrogen-bond donors (Lipinski definition) is 1. The van der Waals surface area contributed by atoms with Crippen molar-refractivity contribution < 1.29 is 9.53 Å². The maximum atomic E-state index is 11.6. The highest BCUT2D eigenvalue weighted by atomic mass is 16.5. The van der Waals surface area contributed by atoms with Crippen molar-refractivity contribution >= 4 is 5.97 Å². The van der Waals surface area contributed by atoms with Gasteiger partial charge in [-0.25, -0.2) is 5.84 Å². The first-order valence-electron chi connectivity index (χ1n) is 5.80. The fraction of sp³-hybridized carbons (Fsp3) is 0.750. The van der Waals surface area contributed by atoms with E-state index in [1.807, 2.05) is 34.6 Å². The van der Waals surface area contributed by atoms with E-state index in [0.29, 0.717) is 6.42 Å². The topological polar surface area (TPSA) is 55.6 Å². The van der Waals surface area contributed by atoms with Gasteiger partial charge in [-0.2, -0.15) is 0 Å². The van der Waals surface area contributed by atoms with E-state index < -0.39 is 0 Å². The second-order valence-corrected chi connectivity index (χ2v) is 4.38. The van der Waals surface area contributed by atoms with Crippen LogP contribution in [0.25, 0.3) is 0 Å². The van der Waals surface area contributed by atoms with Gasteiger partial charge in [0.15, 0.2) is 0 Å². The summed E-state index contributed by atoms with van der Waals surface area (Å²) in [4.78, 5) is 11.6. The predicted molar refractivity (Wildman–Crippen MR) is 65.3 cm³/mol. The Balaban J connectivity index is 4.34. The number of nitrogens with zero attached hydrogens (tertiary/aromatic N) is 1. The molecule has 0 aliphatic heterocycles. The van der Waals surface area contributed by atoms with Gasteiger partial charge in [0.1, 0.15) is 0 Å². The Bertz CT molecular complexity index is 237. The Hall–Kier alpha value is -1.03. The summed E-state index contributed by atoms with van der Waals surface area (Å²) in [6.45, 7) is 9.61. The summed E-state index contributed by atoms with van der Waals surface area (Å²) in [6.07, 6.45) is 4.17. The minimum Gasteiger partial charge on any atom is -0.463 e. The molecule has 4 heteroatoms. The summed E-state index contributed by atoms with van der Waals surface area (Å²) in [5.41, 5.74) is 0. The van der Waals surface area contributed by atoms with E-state index in [9.17, 15) is 4.79 Å². The Morgan fingerprint density at radius 1 is 1.38 bits per heavy atom. The lowest BCUT2D eigenvalue weighted by atomic mass is 10.1. The second kappa shape index (κ2) is 7.28. The van der Waals surface area contributed by atoms with E-state index >= 15 is 0 Å². The normalized spacial score (nSPS) is 13.5. The highest BCUT2D eigenvalue weighted by molar-refractivity contribution is 5.74. The molecule has 0 radical (unpaired) electrons. The molecule has 0 fully saturated rings. The molecule has 0 spiro atoms. The first kappa shape index (κ1) is 15.0.